The molecule has 0 bridgehead atoms. The van der Waals surface area contributed by atoms with Crippen molar-refractivity contribution in [3.05, 3.63) is 35.4 Å². The van der Waals surface area contributed by atoms with E-state index in [2.05, 4.69) is 41.6 Å². The molecule has 0 aliphatic rings. The van der Waals surface area contributed by atoms with Crippen molar-refractivity contribution >= 4 is 0 Å². The van der Waals surface area contributed by atoms with Crippen molar-refractivity contribution in [3.8, 4) is 5.69 Å². The topological polar surface area (TPSA) is 55.6 Å². The van der Waals surface area contributed by atoms with Crippen LogP contribution in [0.5, 0.6) is 0 Å². The van der Waals surface area contributed by atoms with Crippen LogP contribution in [0.3, 0.4) is 0 Å². The molecule has 2 aromatic rings. The molecule has 1 aromatic heterocycles. The molecule has 0 atom stereocenters. The highest BCUT2D eigenvalue weighted by atomic mass is 19.1. The van der Waals surface area contributed by atoms with Crippen molar-refractivity contribution in [2.45, 2.75) is 39.8 Å². The first-order valence-electron chi connectivity index (χ1n) is 6.15. The van der Waals surface area contributed by atoms with Crippen LogP contribution in [0.2, 0.25) is 0 Å². The molecular weight excluding hydrogens is 245 g/mol. The van der Waals surface area contributed by atoms with E-state index in [0.29, 0.717) is 18.1 Å². The summed E-state index contributed by atoms with van der Waals surface area (Å²) in [6.07, 6.45) is 0. The van der Waals surface area contributed by atoms with Crippen LogP contribution in [0.25, 0.3) is 5.69 Å². The van der Waals surface area contributed by atoms with Crippen LogP contribution in [-0.2, 0) is 6.54 Å². The minimum atomic E-state index is -0.300. The Morgan fingerprint density at radius 2 is 2.05 bits per heavy atom. The highest BCUT2D eigenvalue weighted by Gasteiger charge is 2.14. The van der Waals surface area contributed by atoms with Gasteiger partial charge in [-0.2, -0.15) is 4.68 Å². The monoisotopic (exact) mass is 263 g/mol. The molecule has 0 unspecified atom stereocenters. The van der Waals surface area contributed by atoms with Crippen LogP contribution < -0.4 is 5.32 Å². The van der Waals surface area contributed by atoms with E-state index in [1.807, 2.05) is 6.92 Å². The van der Waals surface area contributed by atoms with Gasteiger partial charge in [0, 0.05) is 5.54 Å². The van der Waals surface area contributed by atoms with Crippen LogP contribution >= 0.6 is 0 Å². The molecule has 0 saturated carbocycles. The highest BCUT2D eigenvalue weighted by Crippen LogP contribution is 2.15. The molecule has 0 fully saturated rings. The maximum Gasteiger partial charge on any atom is 0.170 e. The summed E-state index contributed by atoms with van der Waals surface area (Å²) in [4.78, 5) is 0. The second-order valence-electron chi connectivity index (χ2n) is 5.54. The fourth-order valence-corrected chi connectivity index (χ4v) is 1.66. The number of tetrazole rings is 1. The average Bonchev–Trinajstić information content (AvgIpc) is 2.77. The SMILES string of the molecule is Cc1ccc(F)cc1-n1nnnc1CNC(C)(C)C. The number of halogens is 1. The number of hydrogen-bond acceptors (Lipinski definition) is 4. The summed E-state index contributed by atoms with van der Waals surface area (Å²) in [7, 11) is 0. The molecule has 0 saturated heterocycles. The lowest BCUT2D eigenvalue weighted by Gasteiger charge is -2.20. The largest absolute Gasteiger partial charge is 0.305 e. The van der Waals surface area contributed by atoms with Gasteiger partial charge in [-0.05, 0) is 55.8 Å². The number of aryl methyl sites for hydroxylation is 1. The standard InChI is InChI=1S/C13H18FN5/c1-9-5-6-10(14)7-11(9)19-12(16-17-18-19)8-15-13(2,3)4/h5-7,15H,8H2,1-4H3. The van der Waals surface area contributed by atoms with E-state index in [1.165, 1.54) is 12.1 Å². The minimum Gasteiger partial charge on any atom is -0.305 e. The Morgan fingerprint density at radius 1 is 1.32 bits per heavy atom. The lowest BCUT2D eigenvalue weighted by atomic mass is 10.1. The number of hydrogen-bond donors (Lipinski definition) is 1. The summed E-state index contributed by atoms with van der Waals surface area (Å²) in [5.74, 6) is 0.356. The lowest BCUT2D eigenvalue weighted by molar-refractivity contribution is 0.415. The van der Waals surface area contributed by atoms with Crippen molar-refractivity contribution in [1.82, 2.24) is 25.5 Å². The summed E-state index contributed by atoms with van der Waals surface area (Å²) in [5.41, 5.74) is 1.55. The zero-order valence-electron chi connectivity index (χ0n) is 11.6. The van der Waals surface area contributed by atoms with Gasteiger partial charge >= 0.3 is 0 Å². The van der Waals surface area contributed by atoms with Gasteiger partial charge in [0.2, 0.25) is 0 Å². The summed E-state index contributed by atoms with van der Waals surface area (Å²) in [6.45, 7) is 8.61. The molecule has 6 heteroatoms. The maximum absolute atomic E-state index is 13.3. The summed E-state index contributed by atoms with van der Waals surface area (Å²) in [6, 6.07) is 4.58. The van der Waals surface area contributed by atoms with Crippen molar-refractivity contribution < 1.29 is 4.39 Å². The molecule has 19 heavy (non-hydrogen) atoms. The Morgan fingerprint density at radius 3 is 2.74 bits per heavy atom. The Hall–Kier alpha value is -1.82. The summed E-state index contributed by atoms with van der Waals surface area (Å²) < 4.78 is 14.9. The minimum absolute atomic E-state index is 0.0340. The molecule has 0 aliphatic heterocycles. The van der Waals surface area contributed by atoms with Gasteiger partial charge in [-0.15, -0.1) is 5.10 Å². The van der Waals surface area contributed by atoms with E-state index < -0.39 is 0 Å². The van der Waals surface area contributed by atoms with Gasteiger partial charge in [-0.25, -0.2) is 4.39 Å². The van der Waals surface area contributed by atoms with Gasteiger partial charge in [-0.1, -0.05) is 6.07 Å². The van der Waals surface area contributed by atoms with Gasteiger partial charge in [0.25, 0.3) is 0 Å². The first-order chi connectivity index (χ1) is 8.87. The second kappa shape index (κ2) is 5.05. The molecule has 1 N–H and O–H groups in total. The van der Waals surface area contributed by atoms with Gasteiger partial charge in [0.15, 0.2) is 5.82 Å². The number of rotatable bonds is 3. The molecular formula is C13H18FN5. The highest BCUT2D eigenvalue weighted by molar-refractivity contribution is 5.40. The van der Waals surface area contributed by atoms with Gasteiger partial charge in [-0.3, -0.25) is 0 Å². The van der Waals surface area contributed by atoms with E-state index in [4.69, 9.17) is 0 Å². The van der Waals surface area contributed by atoms with E-state index in [0.717, 1.165) is 5.56 Å². The molecule has 102 valence electrons. The van der Waals surface area contributed by atoms with E-state index in [-0.39, 0.29) is 11.4 Å². The van der Waals surface area contributed by atoms with E-state index in [9.17, 15) is 4.39 Å². The maximum atomic E-state index is 13.3. The van der Waals surface area contributed by atoms with Crippen molar-refractivity contribution in [2.75, 3.05) is 0 Å². The third-order valence-electron chi connectivity index (χ3n) is 2.71. The van der Waals surface area contributed by atoms with E-state index in [1.54, 1.807) is 10.7 Å². The fourth-order valence-electron chi connectivity index (χ4n) is 1.66. The predicted octanol–water partition coefficient (Wildman–Crippen LogP) is 2.00. The lowest BCUT2D eigenvalue weighted by Crippen LogP contribution is -2.36. The van der Waals surface area contributed by atoms with Crippen molar-refractivity contribution in [3.63, 3.8) is 0 Å². The van der Waals surface area contributed by atoms with Gasteiger partial charge < -0.3 is 5.32 Å². The zero-order chi connectivity index (χ0) is 14.0. The summed E-state index contributed by atoms with van der Waals surface area (Å²) >= 11 is 0. The molecule has 0 radical (unpaired) electrons. The van der Waals surface area contributed by atoms with E-state index >= 15 is 0 Å². The Kier molecular flexibility index (Phi) is 3.61. The third-order valence-corrected chi connectivity index (χ3v) is 2.71. The van der Waals surface area contributed by atoms with Crippen molar-refractivity contribution in [2.24, 2.45) is 0 Å². The van der Waals surface area contributed by atoms with Crippen LogP contribution in [0, 0.1) is 12.7 Å². The quantitative estimate of drug-likeness (QED) is 0.920. The van der Waals surface area contributed by atoms with Crippen LogP contribution in [0.1, 0.15) is 32.2 Å². The zero-order valence-corrected chi connectivity index (χ0v) is 11.6. The normalized spacial score (nSPS) is 11.8. The number of benzene rings is 1. The van der Waals surface area contributed by atoms with Crippen LogP contribution in [0.15, 0.2) is 18.2 Å². The molecule has 1 heterocycles. The molecule has 0 amide bonds. The fraction of sp³-hybridized carbons (Fsp3) is 0.462. The first-order valence-corrected chi connectivity index (χ1v) is 6.15. The summed E-state index contributed by atoms with van der Waals surface area (Å²) in [5, 5.41) is 14.9. The van der Waals surface area contributed by atoms with Gasteiger partial charge in [0.05, 0.1) is 12.2 Å². The number of aromatic nitrogens is 4. The average molecular weight is 263 g/mol. The van der Waals surface area contributed by atoms with Crippen LogP contribution in [0.4, 0.5) is 4.39 Å². The molecule has 0 aliphatic carbocycles. The molecule has 1 aromatic carbocycles. The van der Waals surface area contributed by atoms with Crippen LogP contribution in [-0.4, -0.2) is 25.7 Å². The van der Waals surface area contributed by atoms with Gasteiger partial charge in [0.1, 0.15) is 5.82 Å². The predicted molar refractivity (Wildman–Crippen MR) is 70.4 cm³/mol. The molecule has 5 nitrogen and oxygen atoms in total. The Labute approximate surface area is 111 Å². The molecule has 2 rings (SSSR count). The number of nitrogens with zero attached hydrogens (tertiary/aromatic N) is 4. The Balaban J connectivity index is 2.31. The third kappa shape index (κ3) is 3.35. The smallest absolute Gasteiger partial charge is 0.170 e. The first kappa shape index (κ1) is 13.6. The van der Waals surface area contributed by atoms with Crippen molar-refractivity contribution in [1.29, 1.82) is 0 Å². The Bertz CT molecular complexity index is 571. The molecule has 0 spiro atoms. The second-order valence-corrected chi connectivity index (χ2v) is 5.54. The number of nitrogens with one attached hydrogen (secondary N) is 1.